The summed E-state index contributed by atoms with van der Waals surface area (Å²) in [6.45, 7) is 3.08. The average Bonchev–Trinajstić information content (AvgIpc) is 2.16. The summed E-state index contributed by atoms with van der Waals surface area (Å²) in [6, 6.07) is 2.14. The Labute approximate surface area is 95.5 Å². The lowest BCUT2D eigenvalue weighted by atomic mass is 10.0. The molecule has 4 heteroatoms. The molecule has 1 aliphatic rings. The summed E-state index contributed by atoms with van der Waals surface area (Å²) in [5.74, 6) is 0.877. The molecule has 2 rings (SSSR count). The van der Waals surface area contributed by atoms with Gasteiger partial charge in [0.25, 0.3) is 0 Å². The third kappa shape index (κ3) is 2.47. The van der Waals surface area contributed by atoms with Crippen LogP contribution in [-0.4, -0.2) is 28.5 Å². The first-order chi connectivity index (χ1) is 7.16. The normalized spacial score (nSPS) is 23.0. The van der Waals surface area contributed by atoms with E-state index in [1.807, 2.05) is 6.92 Å². The lowest BCUT2D eigenvalue weighted by Gasteiger charge is -2.31. The van der Waals surface area contributed by atoms with Crippen LogP contribution in [0.2, 0.25) is 5.15 Å². The van der Waals surface area contributed by atoms with Gasteiger partial charge in [-0.05, 0) is 39.4 Å². The summed E-state index contributed by atoms with van der Waals surface area (Å²) < 4.78 is 0. The Hall–Kier alpha value is -0.670. The van der Waals surface area contributed by atoms with E-state index in [-0.39, 0.29) is 0 Å². The summed E-state index contributed by atoms with van der Waals surface area (Å²) in [5.41, 5.74) is 0.948. The van der Waals surface area contributed by atoms with E-state index in [0.29, 0.717) is 11.2 Å². The van der Waals surface area contributed by atoms with Crippen LogP contribution < -0.4 is 0 Å². The van der Waals surface area contributed by atoms with Gasteiger partial charge in [-0.15, -0.1) is 0 Å². The van der Waals surface area contributed by atoms with Crippen LogP contribution in [0.3, 0.4) is 0 Å². The van der Waals surface area contributed by atoms with Gasteiger partial charge in [0.05, 0.1) is 6.04 Å². The zero-order chi connectivity index (χ0) is 10.8. The van der Waals surface area contributed by atoms with Crippen LogP contribution in [0.5, 0.6) is 0 Å². The summed E-state index contributed by atoms with van der Waals surface area (Å²) in [5, 5.41) is 0.552. The number of likely N-dealkylation sites (tertiary alicyclic amines) is 1. The van der Waals surface area contributed by atoms with Crippen molar-refractivity contribution >= 4 is 11.6 Å². The molecule has 0 radical (unpaired) electrons. The molecule has 0 unspecified atom stereocenters. The number of halogens is 1. The molecule has 0 saturated carbocycles. The molecule has 0 spiro atoms. The van der Waals surface area contributed by atoms with Crippen LogP contribution in [0.15, 0.2) is 6.07 Å². The zero-order valence-electron chi connectivity index (χ0n) is 9.20. The van der Waals surface area contributed by atoms with Gasteiger partial charge in [-0.25, -0.2) is 9.97 Å². The number of nitrogens with zero attached hydrogens (tertiary/aromatic N) is 3. The zero-order valence-corrected chi connectivity index (χ0v) is 9.96. The molecule has 0 amide bonds. The maximum atomic E-state index is 5.95. The van der Waals surface area contributed by atoms with Gasteiger partial charge in [0, 0.05) is 5.69 Å². The number of aromatic nitrogens is 2. The first kappa shape index (κ1) is 10.8. The molecule has 1 aromatic rings. The lowest BCUT2D eigenvalue weighted by molar-refractivity contribution is 0.179. The summed E-state index contributed by atoms with van der Waals surface area (Å²) in [6.07, 6.45) is 3.66. The molecule has 0 aromatic carbocycles. The van der Waals surface area contributed by atoms with E-state index >= 15 is 0 Å². The monoisotopic (exact) mass is 225 g/mol. The highest BCUT2D eigenvalue weighted by Gasteiger charge is 2.23. The maximum Gasteiger partial charge on any atom is 0.147 e. The van der Waals surface area contributed by atoms with Gasteiger partial charge in [0.2, 0.25) is 0 Å². The Bertz CT molecular complexity index is 333. The molecule has 3 nitrogen and oxygen atoms in total. The van der Waals surface area contributed by atoms with Gasteiger partial charge in [0.15, 0.2) is 0 Å². The largest absolute Gasteiger partial charge is 0.296 e. The highest BCUT2D eigenvalue weighted by molar-refractivity contribution is 6.29. The summed E-state index contributed by atoms with van der Waals surface area (Å²) >= 11 is 5.95. The second kappa shape index (κ2) is 4.45. The smallest absolute Gasteiger partial charge is 0.147 e. The van der Waals surface area contributed by atoms with Gasteiger partial charge >= 0.3 is 0 Å². The van der Waals surface area contributed by atoms with Gasteiger partial charge in [-0.1, -0.05) is 18.0 Å². The van der Waals surface area contributed by atoms with Crippen LogP contribution in [0, 0.1) is 6.92 Å². The number of rotatable bonds is 1. The number of aryl methyl sites for hydroxylation is 1. The van der Waals surface area contributed by atoms with E-state index in [9.17, 15) is 0 Å². The second-order valence-electron chi connectivity index (χ2n) is 4.18. The fourth-order valence-electron chi connectivity index (χ4n) is 2.10. The molecule has 0 N–H and O–H groups in total. The molecule has 1 saturated heterocycles. The van der Waals surface area contributed by atoms with Gasteiger partial charge in [0.1, 0.15) is 11.0 Å². The van der Waals surface area contributed by atoms with Crippen molar-refractivity contribution in [3.05, 3.63) is 22.7 Å². The number of piperidine rings is 1. The molecule has 1 atom stereocenters. The predicted molar refractivity (Wildman–Crippen MR) is 61.0 cm³/mol. The molecule has 0 aliphatic carbocycles. The third-order valence-electron chi connectivity index (χ3n) is 2.91. The molecular formula is C11H16ClN3. The van der Waals surface area contributed by atoms with Crippen molar-refractivity contribution in [2.75, 3.05) is 13.6 Å². The molecule has 2 heterocycles. The van der Waals surface area contributed by atoms with Gasteiger partial charge < -0.3 is 0 Å². The predicted octanol–water partition coefficient (Wildman–Crippen LogP) is 2.60. The Morgan fingerprint density at radius 2 is 2.20 bits per heavy atom. The van der Waals surface area contributed by atoms with E-state index < -0.39 is 0 Å². The van der Waals surface area contributed by atoms with Gasteiger partial charge in [-0.3, -0.25) is 4.90 Å². The van der Waals surface area contributed by atoms with Crippen molar-refractivity contribution in [3.8, 4) is 0 Å². The van der Waals surface area contributed by atoms with Crippen molar-refractivity contribution < 1.29 is 0 Å². The van der Waals surface area contributed by atoms with Crippen molar-refractivity contribution in [1.29, 1.82) is 0 Å². The SMILES string of the molecule is Cc1cc(Cl)nc([C@H]2CCCCN2C)n1. The Kier molecular flexibility index (Phi) is 3.22. The minimum atomic E-state index is 0.344. The fourth-order valence-corrected chi connectivity index (χ4v) is 2.35. The lowest BCUT2D eigenvalue weighted by Crippen LogP contribution is -2.31. The molecule has 1 aromatic heterocycles. The van der Waals surface area contributed by atoms with E-state index in [1.54, 1.807) is 6.07 Å². The third-order valence-corrected chi connectivity index (χ3v) is 3.10. The number of hydrogen-bond acceptors (Lipinski definition) is 3. The average molecular weight is 226 g/mol. The van der Waals surface area contributed by atoms with E-state index in [0.717, 1.165) is 24.5 Å². The standard InChI is InChI=1S/C11H16ClN3/c1-8-7-10(12)14-11(13-8)9-5-3-4-6-15(9)2/h7,9H,3-6H2,1-2H3/t9-/m1/s1. The van der Waals surface area contributed by atoms with E-state index in [1.165, 1.54) is 12.8 Å². The minimum Gasteiger partial charge on any atom is -0.296 e. The van der Waals surface area contributed by atoms with Crippen molar-refractivity contribution in [2.45, 2.75) is 32.2 Å². The second-order valence-corrected chi connectivity index (χ2v) is 4.57. The van der Waals surface area contributed by atoms with Crippen LogP contribution in [0.1, 0.15) is 36.8 Å². The van der Waals surface area contributed by atoms with Gasteiger partial charge in [-0.2, -0.15) is 0 Å². The Morgan fingerprint density at radius 3 is 2.87 bits per heavy atom. The summed E-state index contributed by atoms with van der Waals surface area (Å²) in [7, 11) is 2.13. The highest BCUT2D eigenvalue weighted by atomic mass is 35.5. The molecule has 82 valence electrons. The van der Waals surface area contributed by atoms with Crippen molar-refractivity contribution in [1.82, 2.24) is 14.9 Å². The van der Waals surface area contributed by atoms with Crippen LogP contribution in [0.4, 0.5) is 0 Å². The topological polar surface area (TPSA) is 29.0 Å². The summed E-state index contributed by atoms with van der Waals surface area (Å²) in [4.78, 5) is 11.1. The minimum absolute atomic E-state index is 0.344. The molecular weight excluding hydrogens is 210 g/mol. The first-order valence-corrected chi connectivity index (χ1v) is 5.76. The van der Waals surface area contributed by atoms with Crippen molar-refractivity contribution in [2.24, 2.45) is 0 Å². The molecule has 0 bridgehead atoms. The maximum absolute atomic E-state index is 5.95. The quantitative estimate of drug-likeness (QED) is 0.688. The highest BCUT2D eigenvalue weighted by Crippen LogP contribution is 2.27. The molecule has 1 aliphatic heterocycles. The van der Waals surface area contributed by atoms with E-state index in [2.05, 4.69) is 21.9 Å². The Morgan fingerprint density at radius 1 is 1.40 bits per heavy atom. The van der Waals surface area contributed by atoms with Crippen molar-refractivity contribution in [3.63, 3.8) is 0 Å². The van der Waals surface area contributed by atoms with Crippen LogP contribution >= 0.6 is 11.6 Å². The van der Waals surface area contributed by atoms with Crippen LogP contribution in [-0.2, 0) is 0 Å². The number of hydrogen-bond donors (Lipinski definition) is 0. The first-order valence-electron chi connectivity index (χ1n) is 5.38. The fraction of sp³-hybridized carbons (Fsp3) is 0.636. The van der Waals surface area contributed by atoms with E-state index in [4.69, 9.17) is 11.6 Å². The molecule has 15 heavy (non-hydrogen) atoms. The molecule has 1 fully saturated rings. The van der Waals surface area contributed by atoms with Crippen LogP contribution in [0.25, 0.3) is 0 Å². The Balaban J connectivity index is 2.27.